The van der Waals surface area contributed by atoms with Gasteiger partial charge in [-0.3, -0.25) is 10.1 Å². The van der Waals surface area contributed by atoms with E-state index in [9.17, 15) is 10.1 Å². The van der Waals surface area contributed by atoms with Crippen molar-refractivity contribution in [3.05, 3.63) is 46.3 Å². The molecule has 0 fully saturated rings. The number of hydrogen-bond donors (Lipinski definition) is 0. The predicted octanol–water partition coefficient (Wildman–Crippen LogP) is -1.12. The van der Waals surface area contributed by atoms with Crippen LogP contribution in [0.4, 0.5) is 5.69 Å². The quantitative estimate of drug-likeness (QED) is 0.288. The van der Waals surface area contributed by atoms with Gasteiger partial charge in [0, 0.05) is 19.1 Å². The Labute approximate surface area is 110 Å². The lowest BCUT2D eigenvalue weighted by Gasteiger charge is -2.00. The molecule has 5 heteroatoms. The molecule has 0 saturated heterocycles. The van der Waals surface area contributed by atoms with Gasteiger partial charge in [0.25, 0.3) is 5.69 Å². The Hall–Kier alpha value is -1.24. The van der Waals surface area contributed by atoms with Gasteiger partial charge in [-0.25, -0.2) is 4.57 Å². The SMILES string of the molecule is Cc1c2cccc([N+](=O)[O-])c2cc[n+]1C.[I-]. The molecular formula is C11H11IN2O2. The third kappa shape index (κ3) is 1.99. The molecule has 0 unspecified atom stereocenters. The van der Waals surface area contributed by atoms with E-state index in [1.165, 1.54) is 6.07 Å². The van der Waals surface area contributed by atoms with Crippen LogP contribution in [0.2, 0.25) is 0 Å². The molecule has 84 valence electrons. The summed E-state index contributed by atoms with van der Waals surface area (Å²) in [4.78, 5) is 10.5. The Balaban J connectivity index is 0.00000128. The molecule has 0 aliphatic rings. The van der Waals surface area contributed by atoms with Crippen molar-refractivity contribution in [3.63, 3.8) is 0 Å². The molecule has 0 radical (unpaired) electrons. The van der Waals surface area contributed by atoms with Crippen molar-refractivity contribution in [2.24, 2.45) is 7.05 Å². The number of pyridine rings is 1. The molecule has 2 rings (SSSR count). The molecule has 0 amide bonds. The highest BCUT2D eigenvalue weighted by Crippen LogP contribution is 2.25. The summed E-state index contributed by atoms with van der Waals surface area (Å²) in [6.07, 6.45) is 1.84. The van der Waals surface area contributed by atoms with Gasteiger partial charge in [-0.1, -0.05) is 6.07 Å². The number of fused-ring (bicyclic) bond motifs is 1. The Morgan fingerprint density at radius 2 is 1.94 bits per heavy atom. The molecule has 0 atom stereocenters. The molecule has 1 heterocycles. The van der Waals surface area contributed by atoms with E-state index in [0.717, 1.165) is 11.1 Å². The van der Waals surface area contributed by atoms with Crippen LogP contribution >= 0.6 is 0 Å². The maximum atomic E-state index is 10.8. The summed E-state index contributed by atoms with van der Waals surface area (Å²) in [6.45, 7) is 1.95. The molecule has 0 bridgehead atoms. The molecule has 1 aromatic carbocycles. The van der Waals surface area contributed by atoms with Gasteiger partial charge in [-0.05, 0) is 6.07 Å². The van der Waals surface area contributed by atoms with Gasteiger partial charge in [0.1, 0.15) is 7.05 Å². The number of hydrogen-bond acceptors (Lipinski definition) is 2. The zero-order valence-corrected chi connectivity index (χ0v) is 11.1. The normalized spacial score (nSPS) is 9.88. The van der Waals surface area contributed by atoms with E-state index in [2.05, 4.69) is 0 Å². The predicted molar refractivity (Wildman–Crippen MR) is 56.5 cm³/mol. The van der Waals surface area contributed by atoms with Crippen LogP contribution in [0.3, 0.4) is 0 Å². The van der Waals surface area contributed by atoms with Crippen LogP contribution in [0.1, 0.15) is 5.69 Å². The average molecular weight is 330 g/mol. The molecular weight excluding hydrogens is 319 g/mol. The number of nitrogens with zero attached hydrogens (tertiary/aromatic N) is 2. The summed E-state index contributed by atoms with van der Waals surface area (Å²) >= 11 is 0. The minimum Gasteiger partial charge on any atom is -1.00 e. The van der Waals surface area contributed by atoms with Crippen molar-refractivity contribution in [1.29, 1.82) is 0 Å². The van der Waals surface area contributed by atoms with Gasteiger partial charge in [-0.15, -0.1) is 0 Å². The first-order chi connectivity index (χ1) is 7.11. The largest absolute Gasteiger partial charge is 1.00 e. The van der Waals surface area contributed by atoms with Gasteiger partial charge in [0.2, 0.25) is 0 Å². The number of rotatable bonds is 1. The highest BCUT2D eigenvalue weighted by atomic mass is 127. The maximum Gasteiger partial charge on any atom is 0.277 e. The van der Waals surface area contributed by atoms with Crippen molar-refractivity contribution in [2.75, 3.05) is 0 Å². The monoisotopic (exact) mass is 330 g/mol. The van der Waals surface area contributed by atoms with Crippen LogP contribution in [0.25, 0.3) is 10.8 Å². The molecule has 0 aliphatic carbocycles. The zero-order valence-electron chi connectivity index (χ0n) is 8.98. The number of aryl methyl sites for hydroxylation is 2. The zero-order chi connectivity index (χ0) is 11.0. The van der Waals surface area contributed by atoms with Crippen molar-refractivity contribution in [1.82, 2.24) is 0 Å². The Morgan fingerprint density at radius 1 is 1.25 bits per heavy atom. The van der Waals surface area contributed by atoms with Gasteiger partial charge in [0.05, 0.1) is 15.7 Å². The first-order valence-corrected chi connectivity index (χ1v) is 4.63. The molecule has 1 aromatic heterocycles. The van der Waals surface area contributed by atoms with E-state index in [-0.39, 0.29) is 34.6 Å². The van der Waals surface area contributed by atoms with Crippen molar-refractivity contribution < 1.29 is 33.5 Å². The summed E-state index contributed by atoms with van der Waals surface area (Å²) in [5, 5.41) is 12.4. The number of nitro benzene ring substituents is 1. The van der Waals surface area contributed by atoms with E-state index in [4.69, 9.17) is 0 Å². The number of nitro groups is 1. The van der Waals surface area contributed by atoms with Gasteiger partial charge in [-0.2, -0.15) is 0 Å². The van der Waals surface area contributed by atoms with Crippen LogP contribution in [-0.4, -0.2) is 4.92 Å². The Bertz CT molecular complexity index is 555. The standard InChI is InChI=1S/C11H11N2O2.HI/c1-8-9-4-3-5-11(13(14)15)10(9)6-7-12(8)2;/h3-7H,1-2H3;1H/q+1;/p-1. The number of benzene rings is 1. The lowest BCUT2D eigenvalue weighted by atomic mass is 10.1. The molecule has 0 saturated carbocycles. The third-order valence-corrected chi connectivity index (χ3v) is 2.66. The third-order valence-electron chi connectivity index (χ3n) is 2.66. The lowest BCUT2D eigenvalue weighted by Crippen LogP contribution is -3.00. The van der Waals surface area contributed by atoms with Crippen LogP contribution < -0.4 is 28.5 Å². The maximum absolute atomic E-state index is 10.8. The highest BCUT2D eigenvalue weighted by molar-refractivity contribution is 5.91. The number of halogens is 1. The van der Waals surface area contributed by atoms with E-state index in [1.807, 2.05) is 30.8 Å². The summed E-state index contributed by atoms with van der Waals surface area (Å²) in [7, 11) is 1.92. The van der Waals surface area contributed by atoms with E-state index in [0.29, 0.717) is 5.39 Å². The van der Waals surface area contributed by atoms with Crippen molar-refractivity contribution in [2.45, 2.75) is 6.92 Å². The van der Waals surface area contributed by atoms with Gasteiger partial charge >= 0.3 is 0 Å². The smallest absolute Gasteiger partial charge is 0.277 e. The van der Waals surface area contributed by atoms with Gasteiger partial charge in [0.15, 0.2) is 11.9 Å². The van der Waals surface area contributed by atoms with Crippen LogP contribution in [-0.2, 0) is 7.05 Å². The van der Waals surface area contributed by atoms with Crippen LogP contribution in [0.15, 0.2) is 30.5 Å². The fourth-order valence-electron chi connectivity index (χ4n) is 1.69. The molecule has 0 aliphatic heterocycles. The summed E-state index contributed by atoms with van der Waals surface area (Å²) in [5.41, 5.74) is 1.19. The lowest BCUT2D eigenvalue weighted by molar-refractivity contribution is -0.676. The first-order valence-electron chi connectivity index (χ1n) is 4.63. The fraction of sp³-hybridized carbons (Fsp3) is 0.182. The summed E-state index contributed by atoms with van der Waals surface area (Å²) < 4.78 is 1.95. The van der Waals surface area contributed by atoms with Crippen LogP contribution in [0, 0.1) is 17.0 Å². The van der Waals surface area contributed by atoms with Gasteiger partial charge < -0.3 is 24.0 Å². The Morgan fingerprint density at radius 3 is 2.56 bits per heavy atom. The number of non-ortho nitro benzene ring substituents is 1. The van der Waals surface area contributed by atoms with E-state index < -0.39 is 0 Å². The minimum absolute atomic E-state index is 0. The average Bonchev–Trinajstić information content (AvgIpc) is 2.23. The molecule has 16 heavy (non-hydrogen) atoms. The topological polar surface area (TPSA) is 47.0 Å². The minimum atomic E-state index is -0.345. The second kappa shape index (κ2) is 4.73. The molecule has 4 nitrogen and oxygen atoms in total. The number of aromatic nitrogens is 1. The van der Waals surface area contributed by atoms with Crippen molar-refractivity contribution >= 4 is 16.5 Å². The Kier molecular flexibility index (Phi) is 3.79. The summed E-state index contributed by atoms with van der Waals surface area (Å²) in [5.74, 6) is 0. The molecule has 0 spiro atoms. The van der Waals surface area contributed by atoms with E-state index in [1.54, 1.807) is 12.1 Å². The molecule has 0 N–H and O–H groups in total. The first kappa shape index (κ1) is 12.8. The molecule has 2 aromatic rings. The fourth-order valence-corrected chi connectivity index (χ4v) is 1.69. The van der Waals surface area contributed by atoms with Crippen molar-refractivity contribution in [3.8, 4) is 0 Å². The highest BCUT2D eigenvalue weighted by Gasteiger charge is 2.15. The van der Waals surface area contributed by atoms with E-state index >= 15 is 0 Å². The second-order valence-corrected chi connectivity index (χ2v) is 3.51. The van der Waals surface area contributed by atoms with Crippen LogP contribution in [0.5, 0.6) is 0 Å². The summed E-state index contributed by atoms with van der Waals surface area (Å²) in [6, 6.07) is 6.92. The second-order valence-electron chi connectivity index (χ2n) is 3.51.